The maximum Gasteiger partial charge on any atom is 0.228 e. The van der Waals surface area contributed by atoms with Crippen LogP contribution in [0, 0.1) is 0 Å². The first-order chi connectivity index (χ1) is 12.0. The summed E-state index contributed by atoms with van der Waals surface area (Å²) in [6, 6.07) is 17.0. The molecule has 2 amide bonds. The Morgan fingerprint density at radius 2 is 1.64 bits per heavy atom. The van der Waals surface area contributed by atoms with E-state index in [1.807, 2.05) is 49.4 Å². The Hall–Kier alpha value is -2.33. The molecule has 0 spiro atoms. The van der Waals surface area contributed by atoms with Gasteiger partial charge in [-0.25, -0.2) is 0 Å². The zero-order chi connectivity index (χ0) is 18.2. The van der Waals surface area contributed by atoms with E-state index in [0.717, 1.165) is 11.3 Å². The van der Waals surface area contributed by atoms with Crippen molar-refractivity contribution in [3.8, 4) is 0 Å². The van der Waals surface area contributed by atoms with E-state index in [1.165, 1.54) is 6.92 Å². The van der Waals surface area contributed by atoms with E-state index < -0.39 is 0 Å². The third-order valence-corrected chi connectivity index (χ3v) is 4.26. The van der Waals surface area contributed by atoms with Gasteiger partial charge in [-0.3, -0.25) is 9.59 Å². The van der Waals surface area contributed by atoms with Crippen LogP contribution in [-0.2, 0) is 16.1 Å². The lowest BCUT2D eigenvalue weighted by molar-refractivity contribution is -0.130. The molecule has 0 fully saturated rings. The van der Waals surface area contributed by atoms with Crippen molar-refractivity contribution in [2.75, 3.05) is 18.0 Å². The Balaban J connectivity index is 1.98. The van der Waals surface area contributed by atoms with E-state index in [0.29, 0.717) is 24.7 Å². The van der Waals surface area contributed by atoms with Crippen LogP contribution in [0.4, 0.5) is 5.69 Å². The second kappa shape index (κ2) is 9.23. The first kappa shape index (κ1) is 19.0. The van der Waals surface area contributed by atoms with Gasteiger partial charge in [0.15, 0.2) is 0 Å². The molecule has 2 aromatic rings. The van der Waals surface area contributed by atoms with Crippen LogP contribution in [0.25, 0.3) is 0 Å². The topological polar surface area (TPSA) is 40.6 Å². The number of carbonyl (C=O) groups excluding carboxylic acids is 2. The van der Waals surface area contributed by atoms with Crippen LogP contribution in [0.5, 0.6) is 0 Å². The highest BCUT2D eigenvalue weighted by Gasteiger charge is 2.17. The fraction of sp³-hybridized carbons (Fsp3) is 0.300. The predicted octanol–water partition coefficient (Wildman–Crippen LogP) is 4.13. The summed E-state index contributed by atoms with van der Waals surface area (Å²) < 4.78 is 0. The van der Waals surface area contributed by atoms with Gasteiger partial charge in [0.1, 0.15) is 0 Å². The summed E-state index contributed by atoms with van der Waals surface area (Å²) >= 11 is 5.89. The zero-order valence-electron chi connectivity index (χ0n) is 14.6. The minimum Gasteiger partial charge on any atom is -0.338 e. The molecule has 0 aliphatic heterocycles. The van der Waals surface area contributed by atoms with Crippen LogP contribution >= 0.6 is 11.6 Å². The lowest BCUT2D eigenvalue weighted by Gasteiger charge is -2.25. The van der Waals surface area contributed by atoms with E-state index in [4.69, 9.17) is 11.6 Å². The van der Waals surface area contributed by atoms with Gasteiger partial charge in [0.25, 0.3) is 0 Å². The number of rotatable bonds is 7. The van der Waals surface area contributed by atoms with Crippen LogP contribution in [-0.4, -0.2) is 29.8 Å². The van der Waals surface area contributed by atoms with E-state index in [9.17, 15) is 9.59 Å². The zero-order valence-corrected chi connectivity index (χ0v) is 15.4. The molecule has 0 atom stereocenters. The van der Waals surface area contributed by atoms with Gasteiger partial charge in [-0.1, -0.05) is 41.9 Å². The minimum atomic E-state index is -0.0505. The first-order valence-corrected chi connectivity index (χ1v) is 8.74. The number of carbonyl (C=O) groups is 2. The Labute approximate surface area is 154 Å². The summed E-state index contributed by atoms with van der Waals surface area (Å²) in [5.74, 6) is -0.0402. The number of anilines is 1. The molecule has 4 nitrogen and oxygen atoms in total. The molecule has 25 heavy (non-hydrogen) atoms. The number of hydrogen-bond donors (Lipinski definition) is 0. The van der Waals surface area contributed by atoms with E-state index in [2.05, 4.69) is 0 Å². The molecule has 2 aromatic carbocycles. The number of para-hydroxylation sites is 1. The molecule has 0 saturated carbocycles. The van der Waals surface area contributed by atoms with E-state index >= 15 is 0 Å². The number of hydrogen-bond acceptors (Lipinski definition) is 2. The summed E-state index contributed by atoms with van der Waals surface area (Å²) in [6.45, 7) is 4.92. The van der Waals surface area contributed by atoms with Gasteiger partial charge in [0.05, 0.1) is 0 Å². The van der Waals surface area contributed by atoms with Gasteiger partial charge >= 0.3 is 0 Å². The summed E-state index contributed by atoms with van der Waals surface area (Å²) in [4.78, 5) is 27.9. The van der Waals surface area contributed by atoms with E-state index in [-0.39, 0.29) is 18.2 Å². The molecule has 132 valence electrons. The minimum absolute atomic E-state index is 0.0102. The maximum atomic E-state index is 12.6. The summed E-state index contributed by atoms with van der Waals surface area (Å²) in [7, 11) is 0. The number of nitrogens with zero attached hydrogens (tertiary/aromatic N) is 2. The van der Waals surface area contributed by atoms with Crippen molar-refractivity contribution in [1.29, 1.82) is 0 Å². The average Bonchev–Trinajstić information content (AvgIpc) is 2.61. The second-order valence-electron chi connectivity index (χ2n) is 5.79. The molecular formula is C20H23ClN2O2. The molecule has 0 radical (unpaired) electrons. The fourth-order valence-electron chi connectivity index (χ4n) is 2.63. The highest BCUT2D eigenvalue weighted by molar-refractivity contribution is 6.30. The maximum absolute atomic E-state index is 12.6. The molecule has 0 aromatic heterocycles. The first-order valence-electron chi connectivity index (χ1n) is 8.36. The molecule has 0 aliphatic rings. The fourth-order valence-corrected chi connectivity index (χ4v) is 2.76. The molecule has 0 N–H and O–H groups in total. The van der Waals surface area contributed by atoms with Gasteiger partial charge in [0.2, 0.25) is 11.8 Å². The smallest absolute Gasteiger partial charge is 0.228 e. The number of halogens is 1. The number of benzene rings is 2. The third-order valence-electron chi connectivity index (χ3n) is 4.01. The SMILES string of the molecule is CCN(C(=O)CCN(Cc1ccc(Cl)cc1)C(C)=O)c1ccccc1. The largest absolute Gasteiger partial charge is 0.338 e. The van der Waals surface area contributed by atoms with Crippen molar-refractivity contribution in [2.24, 2.45) is 0 Å². The molecule has 0 heterocycles. The van der Waals surface area contributed by atoms with Crippen molar-refractivity contribution < 1.29 is 9.59 Å². The van der Waals surface area contributed by atoms with Crippen molar-refractivity contribution in [2.45, 2.75) is 26.8 Å². The second-order valence-corrected chi connectivity index (χ2v) is 6.23. The van der Waals surface area contributed by atoms with Gasteiger partial charge in [-0.2, -0.15) is 0 Å². The van der Waals surface area contributed by atoms with Crippen molar-refractivity contribution >= 4 is 29.1 Å². The summed E-state index contributed by atoms with van der Waals surface area (Å²) in [5, 5.41) is 0.662. The highest BCUT2D eigenvalue weighted by atomic mass is 35.5. The van der Waals surface area contributed by atoms with Crippen molar-refractivity contribution in [3.63, 3.8) is 0 Å². The Morgan fingerprint density at radius 1 is 1.00 bits per heavy atom. The van der Waals surface area contributed by atoms with Crippen LogP contribution in [0.2, 0.25) is 5.02 Å². The lowest BCUT2D eigenvalue weighted by atomic mass is 10.2. The predicted molar refractivity (Wildman–Crippen MR) is 102 cm³/mol. The lowest BCUT2D eigenvalue weighted by Crippen LogP contribution is -2.36. The summed E-state index contributed by atoms with van der Waals surface area (Å²) in [5.41, 5.74) is 1.87. The van der Waals surface area contributed by atoms with Crippen LogP contribution in [0.1, 0.15) is 25.8 Å². The Kier molecular flexibility index (Phi) is 7.02. The third kappa shape index (κ3) is 5.61. The van der Waals surface area contributed by atoms with Crippen LogP contribution in [0.15, 0.2) is 54.6 Å². The molecule has 0 bridgehead atoms. The highest BCUT2D eigenvalue weighted by Crippen LogP contribution is 2.15. The molecular weight excluding hydrogens is 336 g/mol. The molecule has 0 saturated heterocycles. The Morgan fingerprint density at radius 3 is 2.20 bits per heavy atom. The van der Waals surface area contributed by atoms with Gasteiger partial charge in [-0.15, -0.1) is 0 Å². The van der Waals surface area contributed by atoms with Crippen LogP contribution < -0.4 is 4.90 Å². The van der Waals surface area contributed by atoms with Gasteiger partial charge < -0.3 is 9.80 Å². The van der Waals surface area contributed by atoms with Gasteiger partial charge in [0, 0.05) is 43.7 Å². The average molecular weight is 359 g/mol. The van der Waals surface area contributed by atoms with Crippen molar-refractivity contribution in [3.05, 3.63) is 65.2 Å². The van der Waals surface area contributed by atoms with Crippen molar-refractivity contribution in [1.82, 2.24) is 4.90 Å². The molecule has 0 aliphatic carbocycles. The van der Waals surface area contributed by atoms with Gasteiger partial charge in [-0.05, 0) is 36.8 Å². The van der Waals surface area contributed by atoms with E-state index in [1.54, 1.807) is 21.9 Å². The monoisotopic (exact) mass is 358 g/mol. The molecule has 0 unspecified atom stereocenters. The Bertz CT molecular complexity index is 701. The quantitative estimate of drug-likeness (QED) is 0.746. The molecule has 5 heteroatoms. The normalized spacial score (nSPS) is 10.4. The van der Waals surface area contributed by atoms with Crippen LogP contribution in [0.3, 0.4) is 0 Å². The molecule has 2 rings (SSSR count). The number of amides is 2. The summed E-state index contributed by atoms with van der Waals surface area (Å²) in [6.07, 6.45) is 0.288. The standard InChI is InChI=1S/C20H23ClN2O2/c1-3-23(19-7-5-4-6-8-19)20(25)13-14-22(16(2)24)15-17-9-11-18(21)12-10-17/h4-12H,3,13-15H2,1-2H3.